The van der Waals surface area contributed by atoms with E-state index in [1.165, 1.54) is 18.2 Å². The number of oxime groups is 1. The average molecular weight is 332 g/mol. The number of nitrogens with zero attached hydrogens (tertiary/aromatic N) is 2. The van der Waals surface area contributed by atoms with Gasteiger partial charge >= 0.3 is 16.1 Å². The van der Waals surface area contributed by atoms with Crippen molar-refractivity contribution in [2.75, 3.05) is 6.61 Å². The molecule has 118 valence electrons. The molecule has 0 atom stereocenters. The lowest BCUT2D eigenvalue weighted by molar-refractivity contribution is -0.135. The second kappa shape index (κ2) is 6.89. The summed E-state index contributed by atoms with van der Waals surface area (Å²) in [4.78, 5) is 11.2. The van der Waals surface area contributed by atoms with E-state index in [2.05, 4.69) is 14.2 Å². The first-order chi connectivity index (χ1) is 11.0. The highest BCUT2D eigenvalue weighted by molar-refractivity contribution is 7.86. The highest BCUT2D eigenvalue weighted by atomic mass is 32.2. The molecule has 7 nitrogen and oxygen atoms in total. The molecule has 23 heavy (non-hydrogen) atoms. The summed E-state index contributed by atoms with van der Waals surface area (Å²) in [6.07, 6.45) is 0. The number of carbonyl (C=O) groups is 1. The van der Waals surface area contributed by atoms with Crippen molar-refractivity contribution in [1.82, 2.24) is 0 Å². The third-order valence-electron chi connectivity index (χ3n) is 2.81. The molecular formula is C15H12N2O5S. The van der Waals surface area contributed by atoms with Gasteiger partial charge < -0.3 is 4.74 Å². The van der Waals surface area contributed by atoms with Crippen molar-refractivity contribution in [3.63, 3.8) is 0 Å². The fourth-order valence-electron chi connectivity index (χ4n) is 1.76. The van der Waals surface area contributed by atoms with Crippen molar-refractivity contribution in [2.24, 2.45) is 5.16 Å². The number of hydrogen-bond acceptors (Lipinski definition) is 7. The Hall–Kier alpha value is -2.92. The van der Waals surface area contributed by atoms with Crippen LogP contribution in [0.15, 0.2) is 52.5 Å². The normalized spacial score (nSPS) is 11.7. The maximum atomic E-state index is 12.1. The van der Waals surface area contributed by atoms with Gasteiger partial charge in [0.15, 0.2) is 0 Å². The molecule has 0 radical (unpaired) electrons. The van der Waals surface area contributed by atoms with E-state index in [9.17, 15) is 13.2 Å². The first kappa shape index (κ1) is 16.5. The number of benzene rings is 2. The first-order valence-corrected chi connectivity index (χ1v) is 7.96. The monoisotopic (exact) mass is 332 g/mol. The van der Waals surface area contributed by atoms with Crippen LogP contribution in [0.4, 0.5) is 0 Å². The van der Waals surface area contributed by atoms with Gasteiger partial charge in [-0.2, -0.15) is 13.7 Å². The number of esters is 1. The van der Waals surface area contributed by atoms with Crippen molar-refractivity contribution >= 4 is 32.6 Å². The molecule has 0 amide bonds. The molecule has 0 bridgehead atoms. The molecule has 8 heteroatoms. The molecule has 2 rings (SSSR count). The smallest absolute Gasteiger partial charge is 0.371 e. The Morgan fingerprint density at radius 1 is 1.22 bits per heavy atom. The van der Waals surface area contributed by atoms with Gasteiger partial charge in [-0.1, -0.05) is 30.3 Å². The Kier molecular flexibility index (Phi) is 4.93. The van der Waals surface area contributed by atoms with Crippen LogP contribution >= 0.6 is 0 Å². The molecule has 0 aromatic heterocycles. The molecule has 2 aromatic carbocycles. The minimum absolute atomic E-state index is 0.0248. The predicted molar refractivity (Wildman–Crippen MR) is 81.9 cm³/mol. The molecule has 0 unspecified atom stereocenters. The molecule has 0 saturated heterocycles. The first-order valence-electron chi connectivity index (χ1n) is 6.55. The summed E-state index contributed by atoms with van der Waals surface area (Å²) in [5.74, 6) is -1.05. The summed E-state index contributed by atoms with van der Waals surface area (Å²) in [6, 6.07) is 13.0. The molecule has 0 aliphatic carbocycles. The van der Waals surface area contributed by atoms with E-state index in [1.54, 1.807) is 25.1 Å². The van der Waals surface area contributed by atoms with Gasteiger partial charge in [-0.05, 0) is 35.0 Å². The number of carbonyl (C=O) groups excluding carboxylic acids is 1. The van der Waals surface area contributed by atoms with Gasteiger partial charge in [-0.15, -0.1) is 0 Å². The molecular weight excluding hydrogens is 320 g/mol. The van der Waals surface area contributed by atoms with Crippen LogP contribution in [0.25, 0.3) is 10.8 Å². The van der Waals surface area contributed by atoms with Gasteiger partial charge in [0.2, 0.25) is 0 Å². The summed E-state index contributed by atoms with van der Waals surface area (Å²) in [6.45, 7) is 1.57. The summed E-state index contributed by atoms with van der Waals surface area (Å²) in [5, 5.41) is 13.4. The van der Waals surface area contributed by atoms with E-state index in [0.717, 1.165) is 5.39 Å². The predicted octanol–water partition coefficient (Wildman–Crippen LogP) is 1.99. The zero-order valence-corrected chi connectivity index (χ0v) is 12.9. The van der Waals surface area contributed by atoms with E-state index >= 15 is 0 Å². The molecule has 0 heterocycles. The van der Waals surface area contributed by atoms with Crippen molar-refractivity contribution in [3.05, 3.63) is 42.5 Å². The van der Waals surface area contributed by atoms with Gasteiger partial charge in [-0.3, -0.25) is 4.28 Å². The van der Waals surface area contributed by atoms with Crippen LogP contribution in [-0.4, -0.2) is 26.7 Å². The summed E-state index contributed by atoms with van der Waals surface area (Å²) in [5.41, 5.74) is -0.781. The molecule has 0 aliphatic rings. The van der Waals surface area contributed by atoms with Crippen molar-refractivity contribution in [1.29, 1.82) is 5.26 Å². The lowest BCUT2D eigenvalue weighted by Crippen LogP contribution is -2.17. The number of nitriles is 1. The SMILES string of the molecule is CCOC(=O)/C(C#N)=N/OS(=O)(=O)c1ccc2ccccc2c1. The molecule has 0 saturated carbocycles. The third-order valence-corrected chi connectivity index (χ3v) is 3.91. The van der Waals surface area contributed by atoms with Crippen LogP contribution < -0.4 is 0 Å². The standard InChI is InChI=1S/C15H12N2O5S/c1-2-21-15(18)14(10-16)17-22-23(19,20)13-8-7-11-5-3-4-6-12(11)9-13/h3-9H,2H2,1H3/b17-14+. The van der Waals surface area contributed by atoms with Crippen LogP contribution in [0, 0.1) is 11.3 Å². The highest BCUT2D eigenvalue weighted by Crippen LogP contribution is 2.20. The Morgan fingerprint density at radius 3 is 2.57 bits per heavy atom. The topological polar surface area (TPSA) is 106 Å². The van der Waals surface area contributed by atoms with E-state index in [1.807, 2.05) is 12.1 Å². The Bertz CT molecular complexity index is 913. The quantitative estimate of drug-likeness (QED) is 0.471. The average Bonchev–Trinajstić information content (AvgIpc) is 2.55. The van der Waals surface area contributed by atoms with E-state index in [4.69, 9.17) is 5.26 Å². The maximum absolute atomic E-state index is 12.1. The second-order valence-electron chi connectivity index (χ2n) is 4.31. The van der Waals surface area contributed by atoms with Crippen molar-refractivity contribution in [2.45, 2.75) is 11.8 Å². The number of ether oxygens (including phenoxy) is 1. The van der Waals surface area contributed by atoms with E-state index < -0.39 is 21.8 Å². The minimum atomic E-state index is -4.25. The van der Waals surface area contributed by atoms with Gasteiger partial charge in [-0.25, -0.2) is 4.79 Å². The number of rotatable bonds is 5. The van der Waals surface area contributed by atoms with Crippen molar-refractivity contribution in [3.8, 4) is 6.07 Å². The molecule has 2 aromatic rings. The maximum Gasteiger partial charge on any atom is 0.371 e. The molecule has 0 fully saturated rings. The zero-order valence-electron chi connectivity index (χ0n) is 12.1. The highest BCUT2D eigenvalue weighted by Gasteiger charge is 2.19. The lowest BCUT2D eigenvalue weighted by atomic mass is 10.1. The van der Waals surface area contributed by atoms with Gasteiger partial charge in [0, 0.05) is 0 Å². The van der Waals surface area contributed by atoms with Gasteiger partial charge in [0.1, 0.15) is 11.0 Å². The number of hydrogen-bond donors (Lipinski definition) is 0. The fraction of sp³-hybridized carbons (Fsp3) is 0.133. The fourth-order valence-corrected chi connectivity index (χ4v) is 2.52. The molecule has 0 N–H and O–H groups in total. The van der Waals surface area contributed by atoms with E-state index in [0.29, 0.717) is 5.39 Å². The third kappa shape index (κ3) is 3.84. The minimum Gasteiger partial charge on any atom is -0.461 e. The largest absolute Gasteiger partial charge is 0.461 e. The summed E-state index contributed by atoms with van der Waals surface area (Å²) >= 11 is 0. The second-order valence-corrected chi connectivity index (χ2v) is 5.84. The molecule has 0 spiro atoms. The molecule has 0 aliphatic heterocycles. The van der Waals surface area contributed by atoms with E-state index in [-0.39, 0.29) is 11.5 Å². The number of fused-ring (bicyclic) bond motifs is 1. The van der Waals surface area contributed by atoms with Gasteiger partial charge in [0.05, 0.1) is 6.61 Å². The Morgan fingerprint density at radius 2 is 1.91 bits per heavy atom. The summed E-state index contributed by atoms with van der Waals surface area (Å²) in [7, 11) is -4.25. The Labute approximate surface area is 132 Å². The van der Waals surface area contributed by atoms with Crippen LogP contribution in [0.1, 0.15) is 6.92 Å². The zero-order chi connectivity index (χ0) is 16.9. The van der Waals surface area contributed by atoms with Crippen LogP contribution in [0.2, 0.25) is 0 Å². The van der Waals surface area contributed by atoms with Crippen molar-refractivity contribution < 1.29 is 22.2 Å². The van der Waals surface area contributed by atoms with Crippen LogP contribution in [0.5, 0.6) is 0 Å². The van der Waals surface area contributed by atoms with Crippen LogP contribution in [-0.2, 0) is 23.9 Å². The van der Waals surface area contributed by atoms with Crippen LogP contribution in [0.3, 0.4) is 0 Å². The lowest BCUT2D eigenvalue weighted by Gasteiger charge is -2.04. The Balaban J connectivity index is 2.30. The summed E-state index contributed by atoms with van der Waals surface area (Å²) < 4.78 is 33.2. The van der Waals surface area contributed by atoms with Gasteiger partial charge in [0.25, 0.3) is 5.71 Å².